The number of esters is 2. The Kier molecular flexibility index (Phi) is 8.14. The summed E-state index contributed by atoms with van der Waals surface area (Å²) in [7, 11) is 0. The van der Waals surface area contributed by atoms with Crippen LogP contribution in [0.3, 0.4) is 0 Å². The van der Waals surface area contributed by atoms with Gasteiger partial charge in [0.15, 0.2) is 5.69 Å². The molecule has 40 heavy (non-hydrogen) atoms. The van der Waals surface area contributed by atoms with E-state index in [9.17, 15) is 14.4 Å². The molecule has 0 spiro atoms. The molecule has 0 radical (unpaired) electrons. The van der Waals surface area contributed by atoms with E-state index in [4.69, 9.17) is 14.6 Å². The molecule has 1 amide bonds. The predicted octanol–water partition coefficient (Wildman–Crippen LogP) is 4.45. The number of hydrogen-bond donors (Lipinski definition) is 0. The Morgan fingerprint density at radius 2 is 1.62 bits per heavy atom. The minimum atomic E-state index is -0.811. The van der Waals surface area contributed by atoms with Gasteiger partial charge in [0.25, 0.3) is 5.91 Å². The first-order valence-corrected chi connectivity index (χ1v) is 13.5. The van der Waals surface area contributed by atoms with E-state index in [0.29, 0.717) is 0 Å². The van der Waals surface area contributed by atoms with Crippen LogP contribution in [0.15, 0.2) is 71.3 Å². The number of amides is 1. The van der Waals surface area contributed by atoms with E-state index in [0.717, 1.165) is 46.4 Å². The number of carbonyl (C=O) groups excluding carboxylic acids is 3. The van der Waals surface area contributed by atoms with Crippen molar-refractivity contribution >= 4 is 29.6 Å². The van der Waals surface area contributed by atoms with Crippen LogP contribution in [0.2, 0.25) is 0 Å². The van der Waals surface area contributed by atoms with Gasteiger partial charge in [-0.1, -0.05) is 65.9 Å². The lowest BCUT2D eigenvalue weighted by Crippen LogP contribution is -2.34. The molecule has 0 unspecified atom stereocenters. The van der Waals surface area contributed by atoms with E-state index < -0.39 is 11.9 Å². The van der Waals surface area contributed by atoms with Crippen LogP contribution >= 0.6 is 0 Å². The topological polar surface area (TPSA) is 116 Å². The van der Waals surface area contributed by atoms with Gasteiger partial charge in [-0.25, -0.2) is 19.3 Å². The fraction of sp³-hybridized carbons (Fsp3) is 0.333. The fourth-order valence-electron chi connectivity index (χ4n) is 5.30. The Hall–Kier alpha value is -4.60. The Labute approximate surface area is 232 Å². The molecular weight excluding hydrogens is 510 g/mol. The molecule has 10 heteroatoms. The van der Waals surface area contributed by atoms with Gasteiger partial charge in [-0.2, -0.15) is 5.10 Å². The van der Waals surface area contributed by atoms with E-state index in [2.05, 4.69) is 16.4 Å². The summed E-state index contributed by atoms with van der Waals surface area (Å²) in [5.74, 6) is -1.99. The van der Waals surface area contributed by atoms with Crippen LogP contribution < -0.4 is 0 Å². The number of hydrogen-bond acceptors (Lipinski definition) is 8. The quantitative estimate of drug-likeness (QED) is 0.387. The molecule has 5 rings (SSSR count). The molecule has 2 heterocycles. The zero-order chi connectivity index (χ0) is 28.1. The molecule has 2 atom stereocenters. The van der Waals surface area contributed by atoms with Gasteiger partial charge in [0.1, 0.15) is 6.54 Å². The average molecular weight is 542 g/mol. The van der Waals surface area contributed by atoms with Gasteiger partial charge >= 0.3 is 11.9 Å². The summed E-state index contributed by atoms with van der Waals surface area (Å²) in [4.78, 5) is 39.1. The lowest BCUT2D eigenvalue weighted by atomic mass is 9.77. The van der Waals surface area contributed by atoms with E-state index in [1.165, 1.54) is 5.01 Å². The van der Waals surface area contributed by atoms with Gasteiger partial charge in [0.05, 0.1) is 25.0 Å². The second kappa shape index (κ2) is 12.1. The molecule has 0 saturated heterocycles. The van der Waals surface area contributed by atoms with Crippen LogP contribution in [0.25, 0.3) is 6.08 Å². The SMILES string of the molecule is CCOC(=O)c1nnn(CC(=O)N2N=C3/C(=C\c4ccccc4)CCC[C@@H]3[C@H]2c2ccccc2)c1C(=O)OCC. The van der Waals surface area contributed by atoms with Gasteiger partial charge in [-0.05, 0) is 55.9 Å². The van der Waals surface area contributed by atoms with Crippen molar-refractivity contribution in [1.29, 1.82) is 0 Å². The van der Waals surface area contributed by atoms with E-state index in [1.54, 1.807) is 13.8 Å². The zero-order valence-corrected chi connectivity index (χ0v) is 22.5. The van der Waals surface area contributed by atoms with Crippen LogP contribution in [-0.4, -0.2) is 56.8 Å². The Morgan fingerprint density at radius 3 is 2.33 bits per heavy atom. The number of ether oxygens (including phenoxy) is 2. The fourth-order valence-corrected chi connectivity index (χ4v) is 5.30. The first kappa shape index (κ1) is 27.0. The Balaban J connectivity index is 1.51. The summed E-state index contributed by atoms with van der Waals surface area (Å²) >= 11 is 0. The zero-order valence-electron chi connectivity index (χ0n) is 22.5. The number of benzene rings is 2. The highest BCUT2D eigenvalue weighted by molar-refractivity contribution is 6.08. The molecule has 1 aliphatic carbocycles. The van der Waals surface area contributed by atoms with Crippen molar-refractivity contribution in [2.75, 3.05) is 13.2 Å². The molecule has 1 fully saturated rings. The molecule has 1 aliphatic heterocycles. The first-order chi connectivity index (χ1) is 19.5. The average Bonchev–Trinajstić information content (AvgIpc) is 3.57. The molecule has 2 aromatic carbocycles. The third-order valence-corrected chi connectivity index (χ3v) is 7.00. The van der Waals surface area contributed by atoms with Gasteiger partial charge in [-0.3, -0.25) is 4.79 Å². The lowest BCUT2D eigenvalue weighted by Gasteiger charge is -2.29. The summed E-state index contributed by atoms with van der Waals surface area (Å²) in [6, 6.07) is 19.6. The number of rotatable bonds is 8. The second-order valence-corrected chi connectivity index (χ2v) is 9.54. The maximum absolute atomic E-state index is 13.9. The molecule has 206 valence electrons. The van der Waals surface area contributed by atoms with E-state index in [1.807, 2.05) is 60.7 Å². The minimum absolute atomic E-state index is 0.0189. The molecule has 10 nitrogen and oxygen atoms in total. The van der Waals surface area contributed by atoms with Crippen LogP contribution in [0, 0.1) is 5.92 Å². The largest absolute Gasteiger partial charge is 0.461 e. The van der Waals surface area contributed by atoms with Crippen molar-refractivity contribution in [1.82, 2.24) is 20.0 Å². The highest BCUT2D eigenvalue weighted by Gasteiger charge is 2.44. The Bertz CT molecular complexity index is 1450. The second-order valence-electron chi connectivity index (χ2n) is 9.54. The van der Waals surface area contributed by atoms with Gasteiger partial charge in [0.2, 0.25) is 5.69 Å². The van der Waals surface area contributed by atoms with Crippen LogP contribution in [0.5, 0.6) is 0 Å². The summed E-state index contributed by atoms with van der Waals surface area (Å²) in [6.45, 7) is 3.11. The minimum Gasteiger partial charge on any atom is -0.461 e. The predicted molar refractivity (Wildman–Crippen MR) is 147 cm³/mol. The van der Waals surface area contributed by atoms with Crippen LogP contribution in [-0.2, 0) is 20.8 Å². The van der Waals surface area contributed by atoms with Crippen molar-refractivity contribution in [2.45, 2.75) is 45.7 Å². The number of aromatic nitrogens is 3. The van der Waals surface area contributed by atoms with E-state index in [-0.39, 0.29) is 49.0 Å². The highest BCUT2D eigenvalue weighted by Crippen LogP contribution is 2.44. The third-order valence-electron chi connectivity index (χ3n) is 7.00. The van der Waals surface area contributed by atoms with Crippen LogP contribution in [0.1, 0.15) is 71.3 Å². The number of hydrazone groups is 1. The maximum Gasteiger partial charge on any atom is 0.361 e. The molecule has 0 bridgehead atoms. The third kappa shape index (κ3) is 5.42. The summed E-state index contributed by atoms with van der Waals surface area (Å²) in [6.07, 6.45) is 4.88. The Morgan fingerprint density at radius 1 is 0.950 bits per heavy atom. The number of carbonyl (C=O) groups is 3. The monoisotopic (exact) mass is 541 g/mol. The smallest absolute Gasteiger partial charge is 0.361 e. The number of allylic oxidation sites excluding steroid dienone is 1. The van der Waals surface area contributed by atoms with Crippen molar-refractivity contribution in [3.63, 3.8) is 0 Å². The van der Waals surface area contributed by atoms with Crippen molar-refractivity contribution in [3.8, 4) is 0 Å². The molecular formula is C30H31N5O5. The van der Waals surface area contributed by atoms with Gasteiger partial charge in [-0.15, -0.1) is 5.10 Å². The van der Waals surface area contributed by atoms with Crippen LogP contribution in [0.4, 0.5) is 0 Å². The highest BCUT2D eigenvalue weighted by atomic mass is 16.5. The first-order valence-electron chi connectivity index (χ1n) is 13.5. The normalized spacial score (nSPS) is 19.2. The van der Waals surface area contributed by atoms with Gasteiger partial charge in [0, 0.05) is 5.92 Å². The number of fused-ring (bicyclic) bond motifs is 1. The standard InChI is InChI=1S/C30H31N5O5/c1-3-39-29(37)26-28(30(38)40-4-2)34(33-31-26)19-24(36)35-27(21-14-9-6-10-15-21)23-17-11-16-22(25(23)32-35)18-20-12-7-5-8-13-20/h5-10,12-15,18,23,27H,3-4,11,16-17,19H2,1-2H3/b22-18-/t23-,27+/m0/s1. The molecule has 0 N–H and O–H groups in total. The maximum atomic E-state index is 13.9. The van der Waals surface area contributed by atoms with Crippen molar-refractivity contribution in [3.05, 3.63) is 88.8 Å². The van der Waals surface area contributed by atoms with Crippen molar-refractivity contribution < 1.29 is 23.9 Å². The van der Waals surface area contributed by atoms with Crippen molar-refractivity contribution in [2.24, 2.45) is 11.0 Å². The molecule has 3 aromatic rings. The number of nitrogens with zero attached hydrogens (tertiary/aromatic N) is 5. The molecule has 1 saturated carbocycles. The van der Waals surface area contributed by atoms with Gasteiger partial charge < -0.3 is 9.47 Å². The molecule has 1 aromatic heterocycles. The van der Waals surface area contributed by atoms with E-state index >= 15 is 0 Å². The molecule has 2 aliphatic rings. The summed E-state index contributed by atoms with van der Waals surface area (Å²) in [5.41, 5.74) is 3.54. The summed E-state index contributed by atoms with van der Waals surface area (Å²) < 4.78 is 11.3. The summed E-state index contributed by atoms with van der Waals surface area (Å²) in [5, 5.41) is 14.2. The lowest BCUT2D eigenvalue weighted by molar-refractivity contribution is -0.134.